The van der Waals surface area contributed by atoms with E-state index in [1.807, 2.05) is 6.92 Å². The van der Waals surface area contributed by atoms with E-state index in [0.717, 1.165) is 36.1 Å². The summed E-state index contributed by atoms with van der Waals surface area (Å²) in [4.78, 5) is 36.2. The molecule has 6 nitrogen and oxygen atoms in total. The Balaban J connectivity index is 1.62. The lowest BCUT2D eigenvalue weighted by Crippen LogP contribution is -2.23. The molecule has 0 aromatic carbocycles. The third-order valence-corrected chi connectivity index (χ3v) is 5.39. The lowest BCUT2D eigenvalue weighted by atomic mass is 10.1. The Morgan fingerprint density at radius 3 is 2.73 bits per heavy atom. The molecule has 7 heteroatoms. The quantitative estimate of drug-likeness (QED) is 0.802. The molecule has 118 valence electrons. The Kier molecular flexibility index (Phi) is 3.90. The van der Waals surface area contributed by atoms with Crippen molar-refractivity contribution in [3.8, 4) is 0 Å². The van der Waals surface area contributed by atoms with Gasteiger partial charge in [-0.05, 0) is 37.2 Å². The van der Waals surface area contributed by atoms with E-state index in [-0.39, 0.29) is 18.5 Å². The summed E-state index contributed by atoms with van der Waals surface area (Å²) in [5.74, 6) is -1.02. The maximum absolute atomic E-state index is 11.9. The normalized spacial score (nSPS) is 22.0. The second kappa shape index (κ2) is 5.72. The van der Waals surface area contributed by atoms with Crippen LogP contribution in [-0.4, -0.2) is 24.4 Å². The van der Waals surface area contributed by atoms with Crippen molar-refractivity contribution in [2.45, 2.75) is 32.6 Å². The first kappa shape index (κ1) is 15.0. The summed E-state index contributed by atoms with van der Waals surface area (Å²) in [6, 6.07) is 0. The molecule has 1 fully saturated rings. The average molecular weight is 322 g/mol. The van der Waals surface area contributed by atoms with Crippen molar-refractivity contribution in [3.63, 3.8) is 0 Å². The maximum atomic E-state index is 11.9. The number of carbonyl (C=O) groups excluding carboxylic acids is 3. The zero-order valence-electron chi connectivity index (χ0n) is 12.3. The second-order valence-electron chi connectivity index (χ2n) is 5.90. The van der Waals surface area contributed by atoms with Crippen LogP contribution >= 0.6 is 11.3 Å². The molecular weight excluding hydrogens is 304 g/mol. The Bertz CT molecular complexity index is 652. The number of primary amides is 1. The molecule has 2 atom stereocenters. The molecule has 2 aliphatic rings. The zero-order valence-corrected chi connectivity index (χ0v) is 13.1. The molecule has 2 aliphatic carbocycles. The molecular formula is C15H18N2O4S. The number of nitrogens with two attached hydrogens (primary N) is 1. The molecule has 0 saturated heterocycles. The molecule has 0 unspecified atom stereocenters. The molecule has 0 spiro atoms. The Morgan fingerprint density at radius 2 is 2.09 bits per heavy atom. The first-order chi connectivity index (χ1) is 10.5. The fourth-order valence-corrected chi connectivity index (χ4v) is 4.12. The SMILES string of the molecule is C[C@H]1C[C@H]1C(=O)OCC(=O)Nc1sc2c(c1C(N)=O)CCC2. The standard InChI is InChI=1S/C15H18N2O4S/c1-7-5-9(7)15(20)21-6-11(18)17-14-12(13(16)19)8-3-2-4-10(8)22-14/h7,9H,2-6H2,1H3,(H2,16,19)(H,17,18)/t7-,9+/m0/s1. The first-order valence-electron chi connectivity index (χ1n) is 7.38. The number of rotatable bonds is 5. The van der Waals surface area contributed by atoms with E-state index in [4.69, 9.17) is 10.5 Å². The number of ether oxygens (including phenoxy) is 1. The minimum Gasteiger partial charge on any atom is -0.455 e. The van der Waals surface area contributed by atoms with E-state index in [0.29, 0.717) is 16.5 Å². The van der Waals surface area contributed by atoms with Gasteiger partial charge in [-0.25, -0.2) is 0 Å². The van der Waals surface area contributed by atoms with Crippen molar-refractivity contribution in [3.05, 3.63) is 16.0 Å². The van der Waals surface area contributed by atoms with Gasteiger partial charge in [0.2, 0.25) is 0 Å². The summed E-state index contributed by atoms with van der Waals surface area (Å²) in [5.41, 5.74) is 6.79. The van der Waals surface area contributed by atoms with Crippen LogP contribution in [0.1, 0.15) is 40.6 Å². The van der Waals surface area contributed by atoms with Gasteiger partial charge in [-0.3, -0.25) is 14.4 Å². The van der Waals surface area contributed by atoms with E-state index < -0.39 is 11.8 Å². The van der Waals surface area contributed by atoms with Crippen LogP contribution in [0.15, 0.2) is 0 Å². The highest BCUT2D eigenvalue weighted by molar-refractivity contribution is 7.17. The van der Waals surface area contributed by atoms with Crippen LogP contribution in [-0.2, 0) is 27.2 Å². The summed E-state index contributed by atoms with van der Waals surface area (Å²) in [7, 11) is 0. The number of thiophene rings is 1. The van der Waals surface area contributed by atoms with Gasteiger partial charge in [-0.2, -0.15) is 0 Å². The average Bonchev–Trinajstić information content (AvgIpc) is 2.86. The van der Waals surface area contributed by atoms with Crippen LogP contribution in [0.2, 0.25) is 0 Å². The molecule has 3 rings (SSSR count). The number of carbonyl (C=O) groups is 3. The number of fused-ring (bicyclic) bond motifs is 1. The van der Waals surface area contributed by atoms with Crippen LogP contribution in [0.25, 0.3) is 0 Å². The maximum Gasteiger partial charge on any atom is 0.309 e. The molecule has 1 aromatic heterocycles. The Hall–Kier alpha value is -1.89. The van der Waals surface area contributed by atoms with Gasteiger partial charge in [0.25, 0.3) is 11.8 Å². The molecule has 3 N–H and O–H groups in total. The molecule has 0 radical (unpaired) electrons. The van der Waals surface area contributed by atoms with E-state index in [1.165, 1.54) is 11.3 Å². The zero-order chi connectivity index (χ0) is 15.9. The van der Waals surface area contributed by atoms with Crippen LogP contribution < -0.4 is 11.1 Å². The van der Waals surface area contributed by atoms with Gasteiger partial charge in [0, 0.05) is 4.88 Å². The molecule has 1 heterocycles. The first-order valence-corrected chi connectivity index (χ1v) is 8.20. The van der Waals surface area contributed by atoms with Gasteiger partial charge in [-0.15, -0.1) is 11.3 Å². The molecule has 0 bridgehead atoms. The molecule has 0 aliphatic heterocycles. The number of esters is 1. The lowest BCUT2D eigenvalue weighted by Gasteiger charge is -2.07. The third-order valence-electron chi connectivity index (χ3n) is 4.18. The summed E-state index contributed by atoms with van der Waals surface area (Å²) in [5, 5.41) is 3.12. The van der Waals surface area contributed by atoms with Gasteiger partial charge in [0.1, 0.15) is 5.00 Å². The minimum atomic E-state index is -0.529. The van der Waals surface area contributed by atoms with Crippen LogP contribution in [0.3, 0.4) is 0 Å². The summed E-state index contributed by atoms with van der Waals surface area (Å²) in [6.45, 7) is 1.64. The largest absolute Gasteiger partial charge is 0.455 e. The predicted molar refractivity (Wildman–Crippen MR) is 81.7 cm³/mol. The van der Waals surface area contributed by atoms with Gasteiger partial charge >= 0.3 is 5.97 Å². The number of aryl methyl sites for hydroxylation is 1. The lowest BCUT2D eigenvalue weighted by molar-refractivity contribution is -0.148. The van der Waals surface area contributed by atoms with Crippen LogP contribution in [0, 0.1) is 11.8 Å². The van der Waals surface area contributed by atoms with Crippen molar-refractivity contribution in [1.29, 1.82) is 0 Å². The fourth-order valence-electron chi connectivity index (χ4n) is 2.81. The van der Waals surface area contributed by atoms with Gasteiger partial charge in [0.05, 0.1) is 11.5 Å². The summed E-state index contributed by atoms with van der Waals surface area (Å²) in [6.07, 6.45) is 3.55. The van der Waals surface area contributed by atoms with Gasteiger partial charge < -0.3 is 15.8 Å². The Morgan fingerprint density at radius 1 is 1.36 bits per heavy atom. The van der Waals surface area contributed by atoms with Crippen molar-refractivity contribution in [1.82, 2.24) is 0 Å². The summed E-state index contributed by atoms with van der Waals surface area (Å²) < 4.78 is 4.99. The van der Waals surface area contributed by atoms with Gasteiger partial charge in [0.15, 0.2) is 6.61 Å². The number of hydrogen-bond acceptors (Lipinski definition) is 5. The molecule has 1 saturated carbocycles. The van der Waals surface area contributed by atoms with Crippen molar-refractivity contribution in [2.75, 3.05) is 11.9 Å². The van der Waals surface area contributed by atoms with E-state index >= 15 is 0 Å². The predicted octanol–water partition coefficient (Wildman–Crippen LogP) is 1.47. The van der Waals surface area contributed by atoms with E-state index in [1.54, 1.807) is 0 Å². The number of amides is 2. The fraction of sp³-hybridized carbons (Fsp3) is 0.533. The monoisotopic (exact) mass is 322 g/mol. The summed E-state index contributed by atoms with van der Waals surface area (Å²) >= 11 is 1.39. The molecule has 22 heavy (non-hydrogen) atoms. The topological polar surface area (TPSA) is 98.5 Å². The molecule has 1 aromatic rings. The van der Waals surface area contributed by atoms with E-state index in [9.17, 15) is 14.4 Å². The van der Waals surface area contributed by atoms with Crippen LogP contribution in [0.4, 0.5) is 5.00 Å². The van der Waals surface area contributed by atoms with E-state index in [2.05, 4.69) is 5.32 Å². The number of anilines is 1. The highest BCUT2D eigenvalue weighted by Gasteiger charge is 2.40. The minimum absolute atomic E-state index is 0.0699. The highest BCUT2D eigenvalue weighted by atomic mass is 32.1. The number of hydrogen-bond donors (Lipinski definition) is 2. The third kappa shape index (κ3) is 2.85. The van der Waals surface area contributed by atoms with Crippen LogP contribution in [0.5, 0.6) is 0 Å². The van der Waals surface area contributed by atoms with Crippen molar-refractivity contribution < 1.29 is 19.1 Å². The Labute approximate surface area is 132 Å². The highest BCUT2D eigenvalue weighted by Crippen LogP contribution is 2.39. The second-order valence-corrected chi connectivity index (χ2v) is 7.01. The van der Waals surface area contributed by atoms with Crippen molar-refractivity contribution in [2.24, 2.45) is 17.6 Å². The smallest absolute Gasteiger partial charge is 0.309 e. The van der Waals surface area contributed by atoms with Crippen molar-refractivity contribution >= 4 is 34.1 Å². The molecule has 2 amide bonds. The number of nitrogens with one attached hydrogen (secondary N) is 1. The van der Waals surface area contributed by atoms with Gasteiger partial charge in [-0.1, -0.05) is 6.92 Å².